The van der Waals surface area contributed by atoms with Crippen LogP contribution in [0.2, 0.25) is 0 Å². The zero-order valence-corrected chi connectivity index (χ0v) is 44.0. The van der Waals surface area contributed by atoms with Crippen molar-refractivity contribution in [3.63, 3.8) is 0 Å². The molecule has 0 saturated heterocycles. The molecule has 0 aromatic heterocycles. The molecule has 34 heteroatoms. The molecule has 0 atom stereocenters. The number of rotatable bonds is 19. The fourth-order valence-electron chi connectivity index (χ4n) is 4.09. The van der Waals surface area contributed by atoms with E-state index in [-0.39, 0.29) is 179 Å². The van der Waals surface area contributed by atoms with Crippen LogP contribution in [0.4, 0.5) is 28.4 Å². The van der Waals surface area contributed by atoms with E-state index in [2.05, 4.69) is 43.4 Å². The van der Waals surface area contributed by atoms with Crippen molar-refractivity contribution in [1.29, 1.82) is 0 Å². The van der Waals surface area contributed by atoms with Crippen LogP contribution in [0, 0.1) is 0 Å². The maximum Gasteiger partial charge on any atom is 1.00 e. The second kappa shape index (κ2) is 28.7. The summed E-state index contributed by atoms with van der Waals surface area (Å²) in [4.78, 5) is 10.6. The molecule has 0 aliphatic heterocycles. The van der Waals surface area contributed by atoms with Gasteiger partial charge in [0.15, 0.2) is 15.6 Å². The minimum atomic E-state index is -5.34. The van der Waals surface area contributed by atoms with Crippen LogP contribution in [-0.2, 0) is 62.3 Å². The molecule has 0 aliphatic carbocycles. The number of hydrogen-bond donors (Lipinski definition) is 2. The molecule has 0 unspecified atom stereocenters. The van der Waals surface area contributed by atoms with Crippen LogP contribution < -0.4 is 134 Å². The van der Waals surface area contributed by atoms with Crippen LogP contribution in [0.1, 0.15) is 0 Å². The number of hydrogen-bond acceptors (Lipinski definition) is 26. The molecule has 0 saturated carbocycles. The molecule has 60 heavy (non-hydrogen) atoms. The van der Waals surface area contributed by atoms with Gasteiger partial charge in [0.05, 0.1) is 73.6 Å². The molecule has 0 aliphatic rings. The Labute approximate surface area is 441 Å². The predicted molar refractivity (Wildman–Crippen MR) is 185 cm³/mol. The Morgan fingerprint density at radius 1 is 0.767 bits per heavy atom. The molecule has 4 rings (SSSR count). The van der Waals surface area contributed by atoms with Gasteiger partial charge in [0.1, 0.15) is 27.2 Å². The number of azo groups is 2. The van der Waals surface area contributed by atoms with E-state index in [1.165, 1.54) is 24.3 Å². The van der Waals surface area contributed by atoms with E-state index < -0.39 is 70.7 Å². The number of phenolic OH excluding ortho intramolecular Hbond substituents is 1. The summed E-state index contributed by atoms with van der Waals surface area (Å²) in [6.45, 7) is -0.939. The molecule has 4 aromatic carbocycles. The first-order valence-electron chi connectivity index (χ1n) is 14.0. The smallest absolute Gasteiger partial charge is 0.744 e. The molecular formula is C26H21N5Na4O19S6. The van der Waals surface area contributed by atoms with E-state index in [9.17, 15) is 54.8 Å². The number of anilines is 1. The van der Waals surface area contributed by atoms with Crippen LogP contribution in [0.25, 0.3) is 10.8 Å². The summed E-state index contributed by atoms with van der Waals surface area (Å²) in [5.74, 6) is -2.70. The topological polar surface area (TPSA) is 394 Å². The molecule has 0 radical (unpaired) electrons. The number of phenols is 1. The summed E-state index contributed by atoms with van der Waals surface area (Å²) in [7, 11) is -14.6. The van der Waals surface area contributed by atoms with Crippen LogP contribution in [-0.4, -0.2) is 69.0 Å². The second-order valence-electron chi connectivity index (χ2n) is 9.85. The second-order valence-corrected chi connectivity index (χ2v) is 16.6. The van der Waals surface area contributed by atoms with Crippen LogP contribution >= 0.6 is 36.1 Å². The zero-order valence-electron chi connectivity index (χ0n) is 31.1. The first-order chi connectivity index (χ1) is 25.9. The average molecular weight is 992 g/mol. The Hall–Kier alpha value is -0.0900. The predicted octanol–water partition coefficient (Wildman–Crippen LogP) is -10.0. The van der Waals surface area contributed by atoms with Crippen molar-refractivity contribution in [2.75, 3.05) is 23.8 Å². The van der Waals surface area contributed by atoms with Crippen LogP contribution in [0.5, 0.6) is 5.75 Å². The van der Waals surface area contributed by atoms with Gasteiger partial charge in [0, 0.05) is 16.9 Å². The molecule has 0 fully saturated rings. The minimum absolute atomic E-state index is 0. The Bertz CT molecular complexity index is 2440. The van der Waals surface area contributed by atoms with E-state index in [1.807, 2.05) is 0 Å². The van der Waals surface area contributed by atoms with Crippen molar-refractivity contribution in [3.05, 3.63) is 60.7 Å². The van der Waals surface area contributed by atoms with Crippen molar-refractivity contribution < 1.29 is 206 Å². The molecular weight excluding hydrogens is 971 g/mol. The van der Waals surface area contributed by atoms with E-state index in [0.29, 0.717) is 29.0 Å². The van der Waals surface area contributed by atoms with Crippen molar-refractivity contribution in [1.82, 2.24) is 0 Å². The van der Waals surface area contributed by atoms with Crippen molar-refractivity contribution in [3.8, 4) is 5.75 Å². The average Bonchev–Trinajstić information content (AvgIpc) is 3.11. The van der Waals surface area contributed by atoms with Gasteiger partial charge in [-0.1, -0.05) is 0 Å². The number of nitrogens with zero attached hydrogens (tertiary/aromatic N) is 4. The van der Waals surface area contributed by atoms with E-state index in [4.69, 9.17) is 9.92 Å². The maximum atomic E-state index is 12.4. The summed E-state index contributed by atoms with van der Waals surface area (Å²) in [5.41, 5.74) is 4.63. The standard InChI is InChI=1S/C26H23N5O18S6.4Na.H2O/c27-23-22-14(12-20(54(38,39)40)25(23)31-29-16-3-7-18(8-4-16)53(36,37)10-9-44-55(41,42)43)11-19(52-49-47-35)24(26(22)33)30-28-15-1-5-17(6-2-15)51-45-21(32)13-50-48-46-34;;;;;/h1-8,11-12,33-35H,9-10,13,27H2,(H,38,39,40)(H,41,42,43);;;;;1H2/q;4*+1;/p-4. The number of sulfone groups is 1. The van der Waals surface area contributed by atoms with Gasteiger partial charge in [-0.15, -0.1) is 10.2 Å². The monoisotopic (exact) mass is 991 g/mol. The Balaban J connectivity index is 0. The molecule has 0 heterocycles. The zero-order chi connectivity index (χ0) is 40.4. The fraction of sp³-hybridized carbons (Fsp3) is 0.115. The number of aromatic hydroxyl groups is 1. The summed E-state index contributed by atoms with van der Waals surface area (Å²) < 4.78 is 111. The summed E-state index contributed by atoms with van der Waals surface area (Å²) in [6, 6.07) is 12.1. The van der Waals surface area contributed by atoms with Crippen molar-refractivity contribution in [2.45, 2.75) is 19.6 Å². The van der Waals surface area contributed by atoms with Gasteiger partial charge in [-0.25, -0.2) is 25.3 Å². The molecule has 4 aromatic rings. The fourth-order valence-corrected chi connectivity index (χ4v) is 7.54. The van der Waals surface area contributed by atoms with Crippen molar-refractivity contribution >= 4 is 112 Å². The molecule has 0 amide bonds. The number of carbonyl (C=O) groups is 1. The van der Waals surface area contributed by atoms with Gasteiger partial charge >= 0.3 is 124 Å². The SMILES string of the molecule is Nc1c(N=Nc2ccc(S(=O)(=O)CCOS(=O)(=O)[O-])cc2)c(S(=O)(=O)[O-])cc2cc(SOO[O-])c(N=Nc3ccc(SOC(=O)CSOO[O-])cc3)c(O)c12.O.[Na+].[Na+].[Na+].[Na+]. The van der Waals surface area contributed by atoms with Crippen LogP contribution in [0.15, 0.2) is 101 Å². The van der Waals surface area contributed by atoms with E-state index >= 15 is 0 Å². The van der Waals surface area contributed by atoms with Gasteiger partial charge in [-0.3, -0.25) is 19.1 Å². The normalized spacial score (nSPS) is 11.5. The number of fused-ring (bicyclic) bond motifs is 1. The molecule has 5 N–H and O–H groups in total. The summed E-state index contributed by atoms with van der Waals surface area (Å²) in [6.07, 6.45) is 0. The first kappa shape index (κ1) is 62.0. The largest absolute Gasteiger partial charge is 1.00 e. The molecule has 304 valence electrons. The van der Waals surface area contributed by atoms with Gasteiger partial charge in [-0.05, 0) is 66.0 Å². The third kappa shape index (κ3) is 18.8. The summed E-state index contributed by atoms with van der Waals surface area (Å²) >= 11 is 1.32. The molecule has 0 bridgehead atoms. The van der Waals surface area contributed by atoms with Gasteiger partial charge in [0.25, 0.3) is 0 Å². The number of nitrogens with two attached hydrogens (primary N) is 1. The minimum Gasteiger partial charge on any atom is -0.744 e. The van der Waals surface area contributed by atoms with Gasteiger partial charge < -0.3 is 40.1 Å². The number of benzene rings is 4. The molecule has 24 nitrogen and oxygen atoms in total. The maximum absolute atomic E-state index is 12.4. The van der Waals surface area contributed by atoms with Crippen molar-refractivity contribution in [2.24, 2.45) is 20.5 Å². The van der Waals surface area contributed by atoms with Gasteiger partial charge in [-0.2, -0.15) is 18.9 Å². The number of carbonyl (C=O) groups excluding carboxylic acids is 1. The molecule has 0 spiro atoms. The third-order valence-corrected chi connectivity index (χ3v) is 11.2. The Morgan fingerprint density at radius 2 is 1.32 bits per heavy atom. The van der Waals surface area contributed by atoms with E-state index in [0.717, 1.165) is 36.4 Å². The third-order valence-electron chi connectivity index (χ3n) is 6.36. The number of nitrogen functional groups attached to an aromatic ring is 1. The summed E-state index contributed by atoms with van der Waals surface area (Å²) in [5, 5.41) is 53.3. The quantitative estimate of drug-likeness (QED) is 0.0101. The van der Waals surface area contributed by atoms with Crippen LogP contribution in [0.3, 0.4) is 0 Å². The first-order valence-corrected chi connectivity index (χ1v) is 20.8. The Morgan fingerprint density at radius 3 is 1.85 bits per heavy atom. The Kier molecular flexibility index (Phi) is 29.7. The van der Waals surface area contributed by atoms with Gasteiger partial charge in [0.2, 0.25) is 10.4 Å². The van der Waals surface area contributed by atoms with E-state index in [1.54, 1.807) is 0 Å².